The fourth-order valence-electron chi connectivity index (χ4n) is 3.02. The van der Waals surface area contributed by atoms with Crippen LogP contribution in [0.5, 0.6) is 0 Å². The minimum absolute atomic E-state index is 0.00853. The summed E-state index contributed by atoms with van der Waals surface area (Å²) < 4.78 is 0. The van der Waals surface area contributed by atoms with Crippen LogP contribution in [0.1, 0.15) is 10.4 Å². The Hall–Kier alpha value is -3.43. The molecule has 0 radical (unpaired) electrons. The summed E-state index contributed by atoms with van der Waals surface area (Å²) in [5.41, 5.74) is 2.60. The first-order chi connectivity index (χ1) is 14.0. The van der Waals surface area contributed by atoms with E-state index in [-0.39, 0.29) is 11.3 Å². The standard InChI is InChI=1S/C21H14N3O4S/c25-21(26)16-11-13(20-23-18(12-29-20)17-6-3-4-10-22-17)8-9-14(16)15-5-1-2-7-19(15)24(27)28/h1-12,24H,(H,25,26)/q-1. The number of thiazole rings is 1. The summed E-state index contributed by atoms with van der Waals surface area (Å²) in [5, 5.41) is 33.7. The van der Waals surface area contributed by atoms with E-state index in [4.69, 9.17) is 0 Å². The van der Waals surface area contributed by atoms with E-state index in [9.17, 15) is 20.3 Å². The molecule has 4 rings (SSSR count). The van der Waals surface area contributed by atoms with Gasteiger partial charge in [-0.3, -0.25) is 4.98 Å². The molecule has 0 bridgehead atoms. The zero-order chi connectivity index (χ0) is 20.4. The average Bonchev–Trinajstić information content (AvgIpc) is 3.24. The topological polar surface area (TPSA) is 114 Å². The van der Waals surface area contributed by atoms with E-state index in [2.05, 4.69) is 9.97 Å². The quantitative estimate of drug-likeness (QED) is 0.490. The van der Waals surface area contributed by atoms with Crippen LogP contribution in [0.3, 0.4) is 0 Å². The highest BCUT2D eigenvalue weighted by molar-refractivity contribution is 7.13. The van der Waals surface area contributed by atoms with E-state index in [1.165, 1.54) is 23.5 Å². The first-order valence-electron chi connectivity index (χ1n) is 8.60. The van der Waals surface area contributed by atoms with Crippen LogP contribution >= 0.6 is 11.3 Å². The molecule has 0 saturated heterocycles. The summed E-state index contributed by atoms with van der Waals surface area (Å²) in [6.07, 6.45) is 1.68. The molecule has 7 nitrogen and oxygen atoms in total. The molecule has 0 atom stereocenters. The van der Waals surface area contributed by atoms with Crippen molar-refractivity contribution in [1.29, 1.82) is 0 Å². The molecule has 8 heteroatoms. The summed E-state index contributed by atoms with van der Waals surface area (Å²) in [7, 11) is 0. The third kappa shape index (κ3) is 3.78. The number of quaternary nitrogens is 1. The number of nitrogens with zero attached hydrogens (tertiary/aromatic N) is 2. The minimum Gasteiger partial charge on any atom is -0.628 e. The number of benzene rings is 2. The molecular weight excluding hydrogens is 390 g/mol. The second kappa shape index (κ2) is 7.90. The Morgan fingerprint density at radius 2 is 1.76 bits per heavy atom. The number of hydrogen-bond donors (Lipinski definition) is 2. The van der Waals surface area contributed by atoms with Gasteiger partial charge in [0, 0.05) is 34.3 Å². The Kier molecular flexibility index (Phi) is 5.15. The second-order valence-corrected chi connectivity index (χ2v) is 7.01. The van der Waals surface area contributed by atoms with Gasteiger partial charge < -0.3 is 20.7 Å². The number of rotatable bonds is 5. The maximum atomic E-state index is 11.9. The zero-order valence-electron chi connectivity index (χ0n) is 14.9. The smallest absolute Gasteiger partial charge is 0.336 e. The molecule has 0 saturated carbocycles. The molecule has 2 aromatic carbocycles. The Labute approximate surface area is 169 Å². The fourth-order valence-corrected chi connectivity index (χ4v) is 3.83. The van der Waals surface area contributed by atoms with Crippen LogP contribution in [-0.2, 0) is 0 Å². The van der Waals surface area contributed by atoms with E-state index < -0.39 is 11.2 Å². The molecule has 2 aromatic heterocycles. The van der Waals surface area contributed by atoms with Crippen LogP contribution in [0.15, 0.2) is 72.2 Å². The maximum Gasteiger partial charge on any atom is 0.336 e. The lowest BCUT2D eigenvalue weighted by Crippen LogP contribution is -2.96. The van der Waals surface area contributed by atoms with E-state index in [0.29, 0.717) is 27.4 Å². The normalized spacial score (nSPS) is 11.0. The Bertz CT molecular complexity index is 1180. The van der Waals surface area contributed by atoms with Gasteiger partial charge in [-0.15, -0.1) is 11.3 Å². The molecule has 2 heterocycles. The van der Waals surface area contributed by atoms with Gasteiger partial charge in [-0.25, -0.2) is 9.78 Å². The third-order valence-electron chi connectivity index (χ3n) is 4.37. The van der Waals surface area contributed by atoms with E-state index >= 15 is 0 Å². The highest BCUT2D eigenvalue weighted by Gasteiger charge is 2.18. The highest BCUT2D eigenvalue weighted by Crippen LogP contribution is 2.34. The van der Waals surface area contributed by atoms with Crippen LogP contribution in [0.2, 0.25) is 0 Å². The molecule has 29 heavy (non-hydrogen) atoms. The number of pyridine rings is 1. The van der Waals surface area contributed by atoms with Crippen molar-refractivity contribution in [1.82, 2.24) is 9.97 Å². The van der Waals surface area contributed by atoms with Crippen molar-refractivity contribution in [3.8, 4) is 33.1 Å². The first-order valence-corrected chi connectivity index (χ1v) is 9.48. The zero-order valence-corrected chi connectivity index (χ0v) is 15.7. The molecule has 0 unspecified atom stereocenters. The molecule has 2 N–H and O–H groups in total. The summed E-state index contributed by atoms with van der Waals surface area (Å²) in [5.74, 6) is -1.16. The van der Waals surface area contributed by atoms with Crippen LogP contribution in [0, 0.1) is 10.4 Å². The lowest BCUT2D eigenvalue weighted by molar-refractivity contribution is -0.714. The summed E-state index contributed by atoms with van der Waals surface area (Å²) in [4.78, 5) is 20.7. The van der Waals surface area contributed by atoms with Gasteiger partial charge in [0.25, 0.3) is 0 Å². The van der Waals surface area contributed by atoms with E-state index in [1.807, 2.05) is 23.6 Å². The molecule has 144 valence electrons. The maximum absolute atomic E-state index is 11.9. The highest BCUT2D eigenvalue weighted by atomic mass is 32.1. The monoisotopic (exact) mass is 404 g/mol. The van der Waals surface area contributed by atoms with Gasteiger partial charge in [0.1, 0.15) is 16.4 Å². The molecule has 0 aliphatic rings. The second-order valence-electron chi connectivity index (χ2n) is 6.15. The van der Waals surface area contributed by atoms with E-state index in [0.717, 1.165) is 5.69 Å². The molecule has 4 aromatic rings. The summed E-state index contributed by atoms with van der Waals surface area (Å²) in [6, 6.07) is 16.6. The van der Waals surface area contributed by atoms with Gasteiger partial charge in [0.2, 0.25) is 0 Å². The lowest BCUT2D eigenvalue weighted by Gasteiger charge is -2.27. The largest absolute Gasteiger partial charge is 0.628 e. The van der Waals surface area contributed by atoms with Crippen molar-refractivity contribution in [2.45, 2.75) is 0 Å². The van der Waals surface area contributed by atoms with Crippen molar-refractivity contribution >= 4 is 23.0 Å². The van der Waals surface area contributed by atoms with Gasteiger partial charge in [0.05, 0.1) is 11.3 Å². The number of aromatic nitrogens is 2. The molecule has 0 amide bonds. The first kappa shape index (κ1) is 18.9. The number of carbonyl (C=O) groups is 1. The van der Waals surface area contributed by atoms with Gasteiger partial charge in [-0.2, -0.15) is 0 Å². The predicted molar refractivity (Wildman–Crippen MR) is 111 cm³/mol. The SMILES string of the molecule is O=C(O)c1cc(-c2nc(-c3ccccn3)cs2)ccc1-c1ccccc1[NH+]([O-])[O-]. The van der Waals surface area contributed by atoms with Crippen molar-refractivity contribution < 1.29 is 15.1 Å². The predicted octanol–water partition coefficient (Wildman–Crippen LogP) is 3.75. The number of nitrogens with one attached hydrogen (secondary N) is 1. The van der Waals surface area contributed by atoms with Crippen LogP contribution in [0.25, 0.3) is 33.1 Å². The van der Waals surface area contributed by atoms with E-state index in [1.54, 1.807) is 36.5 Å². The van der Waals surface area contributed by atoms with Crippen LogP contribution in [-0.4, -0.2) is 21.0 Å². The van der Waals surface area contributed by atoms with Crippen molar-refractivity contribution in [3.63, 3.8) is 0 Å². The van der Waals surface area contributed by atoms with Gasteiger partial charge in [-0.05, 0) is 24.3 Å². The van der Waals surface area contributed by atoms with Crippen LogP contribution < -0.4 is 5.23 Å². The number of hydrogen-bond acceptors (Lipinski definition) is 6. The van der Waals surface area contributed by atoms with Gasteiger partial charge in [0.15, 0.2) is 0 Å². The molecule has 0 aliphatic heterocycles. The molecule has 0 fully saturated rings. The summed E-state index contributed by atoms with van der Waals surface area (Å²) in [6.45, 7) is 0. The number of carboxylic acids is 1. The van der Waals surface area contributed by atoms with Crippen molar-refractivity contribution in [2.24, 2.45) is 0 Å². The Balaban J connectivity index is 1.79. The van der Waals surface area contributed by atoms with Crippen molar-refractivity contribution in [2.75, 3.05) is 0 Å². The Morgan fingerprint density at radius 3 is 2.48 bits per heavy atom. The number of carboxylic acid groups (broad SMARTS) is 1. The lowest BCUT2D eigenvalue weighted by atomic mass is 9.96. The average molecular weight is 404 g/mol. The van der Waals surface area contributed by atoms with Gasteiger partial charge >= 0.3 is 5.97 Å². The molecule has 0 spiro atoms. The van der Waals surface area contributed by atoms with Crippen molar-refractivity contribution in [3.05, 3.63) is 88.2 Å². The third-order valence-corrected chi connectivity index (χ3v) is 5.26. The number of aromatic carboxylic acids is 1. The summed E-state index contributed by atoms with van der Waals surface area (Å²) >= 11 is 1.38. The fraction of sp³-hybridized carbons (Fsp3) is 0. The molecular formula is C21H14N3O4S-. The molecule has 0 aliphatic carbocycles. The minimum atomic E-state index is -1.36. The van der Waals surface area contributed by atoms with Gasteiger partial charge in [-0.1, -0.05) is 30.3 Å². The Morgan fingerprint density at radius 1 is 0.966 bits per heavy atom. The van der Waals surface area contributed by atoms with Crippen LogP contribution in [0.4, 0.5) is 5.69 Å².